The number of hydrogen-bond acceptors (Lipinski definition) is 4. The van der Waals surface area contributed by atoms with Crippen LogP contribution in [0.5, 0.6) is 5.75 Å². The number of hydrogen-bond donors (Lipinski definition) is 1. The highest BCUT2D eigenvalue weighted by molar-refractivity contribution is 5.97. The average molecular weight is 240 g/mol. The molecule has 0 aliphatic heterocycles. The summed E-state index contributed by atoms with van der Waals surface area (Å²) in [7, 11) is 0. The van der Waals surface area contributed by atoms with Gasteiger partial charge < -0.3 is 9.84 Å². The lowest BCUT2D eigenvalue weighted by molar-refractivity contribution is -0.143. The van der Waals surface area contributed by atoms with Gasteiger partial charge in [0.2, 0.25) is 0 Å². The Bertz CT molecular complexity index is 429. The van der Waals surface area contributed by atoms with Gasteiger partial charge in [-0.05, 0) is 25.1 Å². The number of phenolic OH excluding ortho intramolecular Hbond substituents is 1. The zero-order valence-electron chi connectivity index (χ0n) is 9.40. The van der Waals surface area contributed by atoms with Crippen LogP contribution in [0, 0.1) is 5.82 Å². The Morgan fingerprint density at radius 3 is 2.65 bits per heavy atom. The summed E-state index contributed by atoms with van der Waals surface area (Å²) in [5.74, 6) is -2.18. The lowest BCUT2D eigenvalue weighted by Crippen LogP contribution is -2.08. The molecule has 5 heteroatoms. The van der Waals surface area contributed by atoms with Crippen LogP contribution in [0.3, 0.4) is 0 Å². The molecule has 1 rings (SSSR count). The largest absolute Gasteiger partial charge is 0.505 e. The summed E-state index contributed by atoms with van der Waals surface area (Å²) in [5.41, 5.74) is 0.129. The number of phenols is 1. The number of esters is 1. The van der Waals surface area contributed by atoms with Gasteiger partial charge in [-0.15, -0.1) is 0 Å². The number of carbonyl (C=O) groups excluding carboxylic acids is 2. The first-order valence-corrected chi connectivity index (χ1v) is 5.22. The quantitative estimate of drug-likeness (QED) is 0.632. The van der Waals surface area contributed by atoms with Crippen LogP contribution in [0.2, 0.25) is 0 Å². The first kappa shape index (κ1) is 13.2. The van der Waals surface area contributed by atoms with Gasteiger partial charge in [-0.1, -0.05) is 0 Å². The fourth-order valence-electron chi connectivity index (χ4n) is 1.27. The maximum absolute atomic E-state index is 13.0. The van der Waals surface area contributed by atoms with Crippen molar-refractivity contribution in [3.05, 3.63) is 29.6 Å². The Balaban J connectivity index is 2.58. The van der Waals surface area contributed by atoms with Crippen molar-refractivity contribution in [2.45, 2.75) is 19.8 Å². The van der Waals surface area contributed by atoms with Gasteiger partial charge in [-0.25, -0.2) is 4.39 Å². The van der Waals surface area contributed by atoms with E-state index in [0.717, 1.165) is 12.1 Å². The van der Waals surface area contributed by atoms with Gasteiger partial charge in [-0.2, -0.15) is 0 Å². The molecule has 1 aromatic carbocycles. The summed E-state index contributed by atoms with van der Waals surface area (Å²) in [5, 5.41) is 8.95. The standard InChI is InChI=1S/C12H13FO4/c1-2-17-12(16)6-5-10(14)8-3-4-11(15)9(13)7-8/h3-4,7,15H,2,5-6H2,1H3. The van der Waals surface area contributed by atoms with Crippen LogP contribution in [0.25, 0.3) is 0 Å². The monoisotopic (exact) mass is 240 g/mol. The molecule has 0 fully saturated rings. The van der Waals surface area contributed by atoms with E-state index in [4.69, 9.17) is 5.11 Å². The smallest absolute Gasteiger partial charge is 0.306 e. The first-order valence-electron chi connectivity index (χ1n) is 5.22. The van der Waals surface area contributed by atoms with E-state index < -0.39 is 17.5 Å². The fourth-order valence-corrected chi connectivity index (χ4v) is 1.27. The number of ketones is 1. The third-order valence-electron chi connectivity index (χ3n) is 2.13. The highest BCUT2D eigenvalue weighted by Crippen LogP contribution is 2.17. The van der Waals surface area contributed by atoms with Gasteiger partial charge in [0.15, 0.2) is 17.3 Å². The van der Waals surface area contributed by atoms with Crippen molar-refractivity contribution >= 4 is 11.8 Å². The SMILES string of the molecule is CCOC(=O)CCC(=O)c1ccc(O)c(F)c1. The number of benzene rings is 1. The predicted molar refractivity (Wildman–Crippen MR) is 58.3 cm³/mol. The Kier molecular flexibility index (Phi) is 4.63. The lowest BCUT2D eigenvalue weighted by atomic mass is 10.1. The minimum absolute atomic E-state index is 0.0326. The van der Waals surface area contributed by atoms with E-state index in [2.05, 4.69) is 4.74 Å². The third-order valence-corrected chi connectivity index (χ3v) is 2.13. The zero-order valence-corrected chi connectivity index (χ0v) is 9.40. The van der Waals surface area contributed by atoms with Gasteiger partial charge >= 0.3 is 5.97 Å². The number of Topliss-reactive ketones (excluding diaryl/α,β-unsaturated/α-hetero) is 1. The summed E-state index contributed by atoms with van der Waals surface area (Å²) in [4.78, 5) is 22.6. The molecule has 0 saturated heterocycles. The minimum atomic E-state index is -0.855. The molecule has 4 nitrogen and oxygen atoms in total. The lowest BCUT2D eigenvalue weighted by Gasteiger charge is -2.02. The summed E-state index contributed by atoms with van der Waals surface area (Å²) in [6.07, 6.45) is -0.0712. The van der Waals surface area contributed by atoms with Gasteiger partial charge in [0.05, 0.1) is 13.0 Å². The topological polar surface area (TPSA) is 63.6 Å². The minimum Gasteiger partial charge on any atom is -0.505 e. The van der Waals surface area contributed by atoms with Crippen molar-refractivity contribution in [2.24, 2.45) is 0 Å². The highest BCUT2D eigenvalue weighted by Gasteiger charge is 2.11. The number of halogens is 1. The zero-order chi connectivity index (χ0) is 12.8. The van der Waals surface area contributed by atoms with Crippen LogP contribution in [-0.4, -0.2) is 23.5 Å². The molecule has 0 bridgehead atoms. The number of rotatable bonds is 5. The Hall–Kier alpha value is -1.91. The van der Waals surface area contributed by atoms with E-state index >= 15 is 0 Å². The predicted octanol–water partition coefficient (Wildman–Crippen LogP) is 2.06. The van der Waals surface area contributed by atoms with E-state index in [1.807, 2.05) is 0 Å². The van der Waals surface area contributed by atoms with Crippen molar-refractivity contribution < 1.29 is 23.8 Å². The van der Waals surface area contributed by atoms with Crippen LogP contribution in [-0.2, 0) is 9.53 Å². The van der Waals surface area contributed by atoms with E-state index in [-0.39, 0.29) is 30.8 Å². The highest BCUT2D eigenvalue weighted by atomic mass is 19.1. The molecule has 1 aromatic rings. The molecule has 0 spiro atoms. The van der Waals surface area contributed by atoms with E-state index in [1.54, 1.807) is 6.92 Å². The molecule has 0 amide bonds. The van der Waals surface area contributed by atoms with Gasteiger partial charge in [0.1, 0.15) is 0 Å². The molecule has 0 saturated carbocycles. The molecule has 0 radical (unpaired) electrons. The molecule has 0 aromatic heterocycles. The normalized spacial score (nSPS) is 10.0. The summed E-state index contributed by atoms with van der Waals surface area (Å²) in [6.45, 7) is 1.94. The van der Waals surface area contributed by atoms with Gasteiger partial charge in [0, 0.05) is 12.0 Å². The maximum Gasteiger partial charge on any atom is 0.306 e. The van der Waals surface area contributed by atoms with Crippen molar-refractivity contribution in [3.8, 4) is 5.75 Å². The second-order valence-electron chi connectivity index (χ2n) is 3.39. The molecule has 17 heavy (non-hydrogen) atoms. The molecule has 92 valence electrons. The van der Waals surface area contributed by atoms with Crippen LogP contribution in [0.15, 0.2) is 18.2 Å². The van der Waals surface area contributed by atoms with Crippen LogP contribution in [0.4, 0.5) is 4.39 Å². The Morgan fingerprint density at radius 2 is 2.06 bits per heavy atom. The van der Waals surface area contributed by atoms with Crippen LogP contribution >= 0.6 is 0 Å². The Morgan fingerprint density at radius 1 is 1.35 bits per heavy atom. The maximum atomic E-state index is 13.0. The van der Waals surface area contributed by atoms with E-state index in [0.29, 0.717) is 0 Å². The molecule has 0 aliphatic carbocycles. The summed E-state index contributed by atoms with van der Waals surface area (Å²) in [6, 6.07) is 3.36. The fraction of sp³-hybridized carbons (Fsp3) is 0.333. The molecule has 0 atom stereocenters. The second-order valence-corrected chi connectivity index (χ2v) is 3.39. The third kappa shape index (κ3) is 3.86. The average Bonchev–Trinajstić information content (AvgIpc) is 2.30. The molecular weight excluding hydrogens is 227 g/mol. The molecule has 0 aliphatic rings. The molecule has 0 heterocycles. The van der Waals surface area contributed by atoms with Crippen molar-refractivity contribution in [1.82, 2.24) is 0 Å². The molecule has 0 unspecified atom stereocenters. The van der Waals surface area contributed by atoms with Crippen molar-refractivity contribution in [3.63, 3.8) is 0 Å². The van der Waals surface area contributed by atoms with Crippen LogP contribution in [0.1, 0.15) is 30.1 Å². The summed E-state index contributed by atoms with van der Waals surface area (Å²) >= 11 is 0. The summed E-state index contributed by atoms with van der Waals surface area (Å²) < 4.78 is 17.6. The first-order chi connectivity index (χ1) is 8.04. The Labute approximate surface area is 98.0 Å². The van der Waals surface area contributed by atoms with E-state index in [1.165, 1.54) is 6.07 Å². The molecule has 1 N–H and O–H groups in total. The number of ether oxygens (including phenoxy) is 1. The second kappa shape index (κ2) is 5.98. The van der Waals surface area contributed by atoms with Crippen molar-refractivity contribution in [1.29, 1.82) is 0 Å². The van der Waals surface area contributed by atoms with Gasteiger partial charge in [0.25, 0.3) is 0 Å². The number of aromatic hydroxyl groups is 1. The van der Waals surface area contributed by atoms with Crippen LogP contribution < -0.4 is 0 Å². The number of carbonyl (C=O) groups is 2. The molecular formula is C12H13FO4. The van der Waals surface area contributed by atoms with E-state index in [9.17, 15) is 14.0 Å². The van der Waals surface area contributed by atoms with Gasteiger partial charge in [-0.3, -0.25) is 9.59 Å². The van der Waals surface area contributed by atoms with Crippen molar-refractivity contribution in [2.75, 3.05) is 6.61 Å².